The number of carbonyl (C=O) groups excluding carboxylic acids is 2. The zero-order valence-electron chi connectivity index (χ0n) is 23.2. The minimum atomic E-state index is -0.126. The van der Waals surface area contributed by atoms with Gasteiger partial charge in [-0.2, -0.15) is 0 Å². The van der Waals surface area contributed by atoms with Crippen LogP contribution in [0.3, 0.4) is 0 Å². The third-order valence-electron chi connectivity index (χ3n) is 7.44. The maximum absolute atomic E-state index is 14.3. The molecule has 208 valence electrons. The van der Waals surface area contributed by atoms with Crippen molar-refractivity contribution in [2.24, 2.45) is 0 Å². The van der Waals surface area contributed by atoms with E-state index in [9.17, 15) is 9.59 Å². The Balaban J connectivity index is 1.55. The summed E-state index contributed by atoms with van der Waals surface area (Å²) in [5.41, 5.74) is 3.98. The Morgan fingerprint density at radius 2 is 1.77 bits per heavy atom. The van der Waals surface area contributed by atoms with Crippen LogP contribution >= 0.6 is 11.6 Å². The second-order valence-corrected chi connectivity index (χ2v) is 10.6. The summed E-state index contributed by atoms with van der Waals surface area (Å²) >= 11 is 6.40. The van der Waals surface area contributed by atoms with Crippen LogP contribution in [0.1, 0.15) is 40.6 Å². The standard InChI is InChI=1S/C32H34ClN3O4/c1-22-31(28-19-27(39-3)12-13-30(28)40-22)32(38)35-17-16-34(20-24-8-5-4-6-9-24)14-7-15-36(23(2)37)29-18-26(33)11-10-25(29)21-35/h4-6,8-13,18-19H,7,14-17,20-21H2,1-3H3. The lowest BCUT2D eigenvalue weighted by Crippen LogP contribution is -2.38. The normalized spacial score (nSPS) is 15.0. The maximum atomic E-state index is 14.3. The van der Waals surface area contributed by atoms with Gasteiger partial charge in [0, 0.05) is 56.6 Å². The number of hydrogen-bond donors (Lipinski definition) is 0. The zero-order chi connectivity index (χ0) is 28.2. The molecule has 0 atom stereocenters. The third kappa shape index (κ3) is 6.01. The summed E-state index contributed by atoms with van der Waals surface area (Å²) < 4.78 is 11.4. The van der Waals surface area contributed by atoms with Gasteiger partial charge in [-0.1, -0.05) is 48.0 Å². The van der Waals surface area contributed by atoms with Crippen molar-refractivity contribution in [3.8, 4) is 5.75 Å². The molecule has 0 saturated heterocycles. The van der Waals surface area contributed by atoms with E-state index in [1.807, 2.05) is 66.4 Å². The van der Waals surface area contributed by atoms with Gasteiger partial charge in [0.25, 0.3) is 5.91 Å². The number of fused-ring (bicyclic) bond motifs is 2. The summed E-state index contributed by atoms with van der Waals surface area (Å²) in [4.78, 5) is 33.1. The number of furan rings is 1. The van der Waals surface area contributed by atoms with Crippen LogP contribution in [0.5, 0.6) is 5.75 Å². The van der Waals surface area contributed by atoms with Crippen LogP contribution < -0.4 is 9.64 Å². The molecular weight excluding hydrogens is 526 g/mol. The summed E-state index contributed by atoms with van der Waals surface area (Å²) in [6.07, 6.45) is 0.789. The fourth-order valence-corrected chi connectivity index (χ4v) is 5.57. The van der Waals surface area contributed by atoms with Crippen molar-refractivity contribution in [1.82, 2.24) is 9.80 Å². The minimum Gasteiger partial charge on any atom is -0.497 e. The third-order valence-corrected chi connectivity index (χ3v) is 7.68. The SMILES string of the molecule is COc1ccc2oc(C)c(C(=O)N3CCN(Cc4ccccc4)CCCN(C(C)=O)c4cc(Cl)ccc4C3)c2c1. The van der Waals surface area contributed by atoms with Crippen molar-refractivity contribution >= 4 is 40.1 Å². The molecular formula is C32H34ClN3O4. The first kappa shape index (κ1) is 27.7. The molecule has 1 aromatic heterocycles. The van der Waals surface area contributed by atoms with Gasteiger partial charge in [0.15, 0.2) is 0 Å². The lowest BCUT2D eigenvalue weighted by Gasteiger charge is -2.28. The van der Waals surface area contributed by atoms with Crippen LogP contribution in [0.2, 0.25) is 5.02 Å². The van der Waals surface area contributed by atoms with E-state index in [4.69, 9.17) is 20.8 Å². The molecule has 5 rings (SSSR count). The zero-order valence-corrected chi connectivity index (χ0v) is 23.9. The van der Waals surface area contributed by atoms with Crippen LogP contribution in [0.25, 0.3) is 11.0 Å². The number of rotatable bonds is 4. The summed E-state index contributed by atoms with van der Waals surface area (Å²) in [6, 6.07) is 21.4. The predicted octanol–water partition coefficient (Wildman–Crippen LogP) is 6.30. The monoisotopic (exact) mass is 559 g/mol. The molecule has 1 aliphatic rings. The highest BCUT2D eigenvalue weighted by Gasteiger charge is 2.27. The first-order valence-corrected chi connectivity index (χ1v) is 13.9. The molecule has 2 heterocycles. The molecule has 1 aliphatic heterocycles. The molecule has 0 radical (unpaired) electrons. The quantitative estimate of drug-likeness (QED) is 0.293. The van der Waals surface area contributed by atoms with Crippen molar-refractivity contribution in [2.45, 2.75) is 33.4 Å². The van der Waals surface area contributed by atoms with Crippen molar-refractivity contribution in [3.05, 3.63) is 94.2 Å². The van der Waals surface area contributed by atoms with Gasteiger partial charge in [0.2, 0.25) is 5.91 Å². The number of benzene rings is 3. The number of anilines is 1. The number of nitrogens with zero attached hydrogens (tertiary/aromatic N) is 3. The first-order chi connectivity index (χ1) is 19.3. The molecule has 8 heteroatoms. The molecule has 0 spiro atoms. The fraction of sp³-hybridized carbons (Fsp3) is 0.312. The van der Waals surface area contributed by atoms with Gasteiger partial charge in [-0.3, -0.25) is 14.5 Å². The second-order valence-electron chi connectivity index (χ2n) is 10.2. The highest BCUT2D eigenvalue weighted by Crippen LogP contribution is 2.32. The Kier molecular flexibility index (Phi) is 8.43. The summed E-state index contributed by atoms with van der Waals surface area (Å²) in [5.74, 6) is 1.04. The van der Waals surface area contributed by atoms with E-state index < -0.39 is 0 Å². The van der Waals surface area contributed by atoms with Gasteiger partial charge in [-0.15, -0.1) is 0 Å². The second kappa shape index (κ2) is 12.1. The van der Waals surface area contributed by atoms with Crippen LogP contribution in [-0.4, -0.2) is 54.9 Å². The molecule has 40 heavy (non-hydrogen) atoms. The number of aryl methyl sites for hydroxylation is 1. The average molecular weight is 560 g/mol. The number of carbonyl (C=O) groups is 2. The molecule has 2 amide bonds. The molecule has 3 aromatic carbocycles. The Labute approximate surface area is 239 Å². The lowest BCUT2D eigenvalue weighted by molar-refractivity contribution is -0.116. The number of methoxy groups -OCH3 is 1. The predicted molar refractivity (Wildman–Crippen MR) is 158 cm³/mol. The van der Waals surface area contributed by atoms with Gasteiger partial charge in [-0.05, 0) is 54.8 Å². The molecule has 0 aliphatic carbocycles. The van der Waals surface area contributed by atoms with Crippen LogP contribution in [0.4, 0.5) is 5.69 Å². The number of amides is 2. The largest absolute Gasteiger partial charge is 0.497 e. The Morgan fingerprint density at radius 3 is 2.52 bits per heavy atom. The first-order valence-electron chi connectivity index (χ1n) is 13.5. The van der Waals surface area contributed by atoms with Gasteiger partial charge < -0.3 is 19.0 Å². The minimum absolute atomic E-state index is 0.0565. The number of ether oxygens (including phenoxy) is 1. The van der Waals surface area contributed by atoms with E-state index in [0.29, 0.717) is 53.9 Å². The van der Waals surface area contributed by atoms with Gasteiger partial charge in [-0.25, -0.2) is 0 Å². The van der Waals surface area contributed by atoms with Gasteiger partial charge in [0.1, 0.15) is 17.1 Å². The van der Waals surface area contributed by atoms with Crippen molar-refractivity contribution < 1.29 is 18.7 Å². The van der Waals surface area contributed by atoms with E-state index in [1.165, 1.54) is 5.56 Å². The smallest absolute Gasteiger partial charge is 0.258 e. The molecule has 0 unspecified atom stereocenters. The Morgan fingerprint density at radius 1 is 0.975 bits per heavy atom. The highest BCUT2D eigenvalue weighted by molar-refractivity contribution is 6.31. The number of hydrogen-bond acceptors (Lipinski definition) is 5. The number of halogens is 1. The van der Waals surface area contributed by atoms with Crippen molar-refractivity contribution in [3.63, 3.8) is 0 Å². The lowest BCUT2D eigenvalue weighted by atomic mass is 10.1. The van der Waals surface area contributed by atoms with E-state index in [-0.39, 0.29) is 11.8 Å². The summed E-state index contributed by atoms with van der Waals surface area (Å²) in [6.45, 7) is 7.00. The molecule has 0 saturated carbocycles. The summed E-state index contributed by atoms with van der Waals surface area (Å²) in [7, 11) is 1.60. The van der Waals surface area contributed by atoms with Gasteiger partial charge >= 0.3 is 0 Å². The van der Waals surface area contributed by atoms with Gasteiger partial charge in [0.05, 0.1) is 18.4 Å². The average Bonchev–Trinajstić information content (AvgIpc) is 3.26. The Bertz CT molecular complexity index is 1520. The van der Waals surface area contributed by atoms with E-state index in [1.54, 1.807) is 18.9 Å². The van der Waals surface area contributed by atoms with E-state index >= 15 is 0 Å². The molecule has 0 N–H and O–H groups in total. The topological polar surface area (TPSA) is 66.2 Å². The van der Waals surface area contributed by atoms with Crippen LogP contribution in [0, 0.1) is 6.92 Å². The van der Waals surface area contributed by atoms with Crippen molar-refractivity contribution in [2.75, 3.05) is 38.2 Å². The molecule has 4 aromatic rings. The van der Waals surface area contributed by atoms with Crippen LogP contribution in [0.15, 0.2) is 71.1 Å². The van der Waals surface area contributed by atoms with E-state index in [0.717, 1.165) is 36.1 Å². The summed E-state index contributed by atoms with van der Waals surface area (Å²) in [5, 5.41) is 1.27. The molecule has 0 fully saturated rings. The van der Waals surface area contributed by atoms with E-state index in [2.05, 4.69) is 17.0 Å². The van der Waals surface area contributed by atoms with Crippen molar-refractivity contribution in [1.29, 1.82) is 0 Å². The van der Waals surface area contributed by atoms with Crippen LogP contribution in [-0.2, 0) is 17.9 Å². The fourth-order valence-electron chi connectivity index (χ4n) is 5.40. The molecule has 7 nitrogen and oxygen atoms in total. The highest BCUT2D eigenvalue weighted by atomic mass is 35.5. The molecule has 0 bridgehead atoms. The maximum Gasteiger partial charge on any atom is 0.258 e. The Hall–Kier alpha value is -3.81.